The number of ether oxygens (including phenoxy) is 2. The molecular formula is C38H41F2N5O3. The van der Waals surface area contributed by atoms with Crippen LogP contribution in [0.25, 0.3) is 32.9 Å². The first-order chi connectivity index (χ1) is 23.1. The standard InChI is InChI=1S/C38H41F2N5O3/c1-6-28-31(39)10-9-25-13-27(46)14-29(32(25)28)34-33(40)35-30(16-41-34)36(44-17-22(2)7-8-23(3)18-44)43-37(42-35)48-21-38-12-11-26(20-47-5)45(38)19-24(4)15-38/h1,9-10,13-14,16,22-23,26,46H,4,7-8,11-12,15,17-21H2,2-3,5H3/t22?,23?,26-,38-/m0/s1. The predicted octanol–water partition coefficient (Wildman–Crippen LogP) is 6.87. The lowest BCUT2D eigenvalue weighted by Gasteiger charge is -2.34. The number of rotatable bonds is 7. The molecule has 3 aliphatic heterocycles. The smallest absolute Gasteiger partial charge is 0.319 e. The highest BCUT2D eigenvalue weighted by atomic mass is 19.1. The third kappa shape index (κ3) is 5.63. The van der Waals surface area contributed by atoms with Crippen LogP contribution in [0.1, 0.15) is 51.5 Å². The zero-order valence-electron chi connectivity index (χ0n) is 27.7. The second-order valence-corrected chi connectivity index (χ2v) is 14.1. The molecule has 0 spiro atoms. The van der Waals surface area contributed by atoms with Gasteiger partial charge in [0.1, 0.15) is 35.2 Å². The SMILES string of the molecule is C#Cc1c(F)ccc2cc(O)cc(-c3ncc4c(N5CC(C)CCC(C)C5)nc(OC[C@@]56CC[C@@H](COC)N5CC(=C)C6)nc4c3F)c12. The molecule has 1 N–H and O–H groups in total. The maximum atomic E-state index is 17.0. The van der Waals surface area contributed by atoms with Gasteiger partial charge in [0.2, 0.25) is 0 Å². The molecule has 0 radical (unpaired) electrons. The first-order valence-electron chi connectivity index (χ1n) is 16.7. The van der Waals surface area contributed by atoms with E-state index in [4.69, 9.17) is 20.9 Å². The van der Waals surface area contributed by atoms with Crippen LogP contribution in [0, 0.1) is 35.8 Å². The number of hydrogen-bond acceptors (Lipinski definition) is 8. The maximum absolute atomic E-state index is 17.0. The van der Waals surface area contributed by atoms with Gasteiger partial charge in [-0.05, 0) is 67.5 Å². The quantitative estimate of drug-likeness (QED) is 0.171. The van der Waals surface area contributed by atoms with E-state index in [1.54, 1.807) is 13.3 Å². The van der Waals surface area contributed by atoms with Crippen LogP contribution in [0.2, 0.25) is 0 Å². The van der Waals surface area contributed by atoms with Gasteiger partial charge < -0.3 is 19.5 Å². The number of phenolic OH excluding ortho intramolecular Hbond substituents is 1. The van der Waals surface area contributed by atoms with Gasteiger partial charge in [0.15, 0.2) is 5.82 Å². The van der Waals surface area contributed by atoms with Crippen LogP contribution in [0.4, 0.5) is 14.6 Å². The van der Waals surface area contributed by atoms with Crippen molar-refractivity contribution >= 4 is 27.5 Å². The van der Waals surface area contributed by atoms with Crippen molar-refractivity contribution in [2.75, 3.05) is 44.9 Å². The number of aromatic hydroxyl groups is 1. The number of aromatic nitrogens is 3. The summed E-state index contributed by atoms with van der Waals surface area (Å²) in [5.74, 6) is 2.30. The molecule has 5 heterocycles. The molecule has 2 aromatic heterocycles. The number of anilines is 1. The van der Waals surface area contributed by atoms with Gasteiger partial charge in [-0.15, -0.1) is 6.42 Å². The Morgan fingerprint density at radius 1 is 1.12 bits per heavy atom. The summed E-state index contributed by atoms with van der Waals surface area (Å²) in [4.78, 5) is 18.8. The van der Waals surface area contributed by atoms with Crippen LogP contribution in [0.15, 0.2) is 42.6 Å². The Hall–Kier alpha value is -4.33. The van der Waals surface area contributed by atoms with Gasteiger partial charge in [0, 0.05) is 49.9 Å². The lowest BCUT2D eigenvalue weighted by atomic mass is 9.94. The summed E-state index contributed by atoms with van der Waals surface area (Å²) in [5.41, 5.74) is 0.958. The average molecular weight is 654 g/mol. The molecule has 4 atom stereocenters. The Morgan fingerprint density at radius 2 is 1.90 bits per heavy atom. The zero-order valence-corrected chi connectivity index (χ0v) is 27.7. The van der Waals surface area contributed by atoms with E-state index in [-0.39, 0.29) is 51.1 Å². The predicted molar refractivity (Wildman–Crippen MR) is 183 cm³/mol. The van der Waals surface area contributed by atoms with E-state index in [1.165, 1.54) is 24.3 Å². The minimum Gasteiger partial charge on any atom is -0.508 e. The van der Waals surface area contributed by atoms with Crippen molar-refractivity contribution in [2.24, 2.45) is 11.8 Å². The molecule has 0 bridgehead atoms. The van der Waals surface area contributed by atoms with Crippen molar-refractivity contribution < 1.29 is 23.4 Å². The highest BCUT2D eigenvalue weighted by Gasteiger charge is 2.51. The fourth-order valence-electron chi connectivity index (χ4n) is 8.16. The number of benzene rings is 2. The Bertz CT molecular complexity index is 1950. The molecule has 4 aromatic rings. The fourth-order valence-corrected chi connectivity index (χ4v) is 8.16. The van der Waals surface area contributed by atoms with Crippen LogP contribution in [0.3, 0.4) is 0 Å². The van der Waals surface area contributed by atoms with Crippen molar-refractivity contribution in [3.05, 3.63) is 59.8 Å². The number of pyridine rings is 1. The summed E-state index contributed by atoms with van der Waals surface area (Å²) in [6.07, 6.45) is 12.2. The van der Waals surface area contributed by atoms with Gasteiger partial charge in [0.25, 0.3) is 0 Å². The molecule has 3 saturated heterocycles. The molecule has 2 aromatic carbocycles. The summed E-state index contributed by atoms with van der Waals surface area (Å²) in [6, 6.07) is 5.91. The molecule has 10 heteroatoms. The summed E-state index contributed by atoms with van der Waals surface area (Å²) >= 11 is 0. The largest absolute Gasteiger partial charge is 0.508 e. The first kappa shape index (κ1) is 32.2. The summed E-state index contributed by atoms with van der Waals surface area (Å²) in [6.45, 7) is 12.0. The second kappa shape index (κ2) is 12.6. The Kier molecular flexibility index (Phi) is 8.46. The third-order valence-electron chi connectivity index (χ3n) is 10.4. The minimum atomic E-state index is -0.730. The summed E-state index contributed by atoms with van der Waals surface area (Å²) in [5, 5.41) is 11.8. The second-order valence-electron chi connectivity index (χ2n) is 14.1. The van der Waals surface area contributed by atoms with Gasteiger partial charge in [0.05, 0.1) is 23.1 Å². The highest BCUT2D eigenvalue weighted by molar-refractivity contribution is 6.03. The van der Waals surface area contributed by atoms with Gasteiger partial charge in [-0.25, -0.2) is 8.78 Å². The number of halogens is 2. The topological polar surface area (TPSA) is 83.8 Å². The van der Waals surface area contributed by atoms with Crippen molar-refractivity contribution in [3.8, 4) is 35.4 Å². The van der Waals surface area contributed by atoms with Gasteiger partial charge in [-0.1, -0.05) is 38.0 Å². The molecule has 3 fully saturated rings. The normalized spacial score (nSPS) is 24.6. The summed E-state index contributed by atoms with van der Waals surface area (Å²) in [7, 11) is 1.72. The monoisotopic (exact) mass is 653 g/mol. The lowest BCUT2D eigenvalue weighted by Crippen LogP contribution is -2.47. The van der Waals surface area contributed by atoms with Crippen molar-refractivity contribution in [3.63, 3.8) is 0 Å². The average Bonchev–Trinajstić information content (AvgIpc) is 3.49. The van der Waals surface area contributed by atoms with E-state index in [0.29, 0.717) is 41.6 Å². The van der Waals surface area contributed by atoms with E-state index in [2.05, 4.69) is 46.1 Å². The van der Waals surface area contributed by atoms with Gasteiger partial charge in [-0.3, -0.25) is 9.88 Å². The van der Waals surface area contributed by atoms with Crippen LogP contribution in [-0.4, -0.2) is 76.5 Å². The number of fused-ring (bicyclic) bond motifs is 3. The number of phenols is 1. The minimum absolute atomic E-state index is 0.0333. The van der Waals surface area contributed by atoms with E-state index < -0.39 is 11.6 Å². The maximum Gasteiger partial charge on any atom is 0.319 e. The fraction of sp³-hybridized carbons (Fsp3) is 0.447. The molecule has 8 nitrogen and oxygen atoms in total. The van der Waals surface area contributed by atoms with Crippen LogP contribution < -0.4 is 9.64 Å². The van der Waals surface area contributed by atoms with E-state index in [0.717, 1.165) is 57.3 Å². The van der Waals surface area contributed by atoms with Crippen LogP contribution >= 0.6 is 0 Å². The Morgan fingerprint density at radius 3 is 2.62 bits per heavy atom. The Labute approximate surface area is 279 Å². The van der Waals surface area contributed by atoms with Crippen LogP contribution in [0.5, 0.6) is 11.8 Å². The third-order valence-corrected chi connectivity index (χ3v) is 10.4. The zero-order chi connectivity index (χ0) is 33.7. The molecule has 0 aliphatic carbocycles. The van der Waals surface area contributed by atoms with Crippen molar-refractivity contribution in [1.29, 1.82) is 0 Å². The molecule has 250 valence electrons. The highest BCUT2D eigenvalue weighted by Crippen LogP contribution is 2.45. The molecule has 0 saturated carbocycles. The van der Waals surface area contributed by atoms with E-state index in [1.807, 2.05) is 0 Å². The molecular weight excluding hydrogens is 612 g/mol. The van der Waals surface area contributed by atoms with Gasteiger partial charge in [-0.2, -0.15) is 9.97 Å². The van der Waals surface area contributed by atoms with E-state index in [9.17, 15) is 9.50 Å². The number of nitrogens with zero attached hydrogens (tertiary/aromatic N) is 5. The molecule has 0 amide bonds. The molecule has 2 unspecified atom stereocenters. The number of hydrogen-bond donors (Lipinski definition) is 1. The van der Waals surface area contributed by atoms with Gasteiger partial charge >= 0.3 is 6.01 Å². The van der Waals surface area contributed by atoms with E-state index >= 15 is 4.39 Å². The number of terminal acetylenes is 1. The first-order valence-corrected chi connectivity index (χ1v) is 16.7. The molecule has 3 aliphatic rings. The summed E-state index contributed by atoms with van der Waals surface area (Å²) < 4.78 is 43.8. The Balaban J connectivity index is 1.37. The number of methoxy groups -OCH3 is 1. The van der Waals surface area contributed by atoms with Crippen LogP contribution in [-0.2, 0) is 4.74 Å². The van der Waals surface area contributed by atoms with Crippen molar-refractivity contribution in [2.45, 2.75) is 57.5 Å². The van der Waals surface area contributed by atoms with Crippen molar-refractivity contribution in [1.82, 2.24) is 19.9 Å². The molecule has 48 heavy (non-hydrogen) atoms. The lowest BCUT2D eigenvalue weighted by molar-refractivity contribution is 0.0522. The molecule has 7 rings (SSSR count).